The monoisotopic (exact) mass is 344 g/mol. The van der Waals surface area contributed by atoms with Gasteiger partial charge in [-0.3, -0.25) is 4.79 Å². The first-order valence-electron chi connectivity index (χ1n) is 4.37. The molecule has 1 aromatic carbocycles. The van der Waals surface area contributed by atoms with Crippen LogP contribution in [0.5, 0.6) is 0 Å². The lowest BCUT2D eigenvalue weighted by Crippen LogP contribution is -2.07. The van der Waals surface area contributed by atoms with Crippen LogP contribution in [-0.2, 0) is 17.4 Å². The highest BCUT2D eigenvalue weighted by atomic mass is 127. The Labute approximate surface area is 104 Å². The number of halogens is 4. The number of hydrogen-bond donors (Lipinski definition) is 1. The van der Waals surface area contributed by atoms with Crippen LogP contribution in [0.1, 0.15) is 17.5 Å². The third-order valence-corrected chi connectivity index (χ3v) is 2.54. The van der Waals surface area contributed by atoms with Gasteiger partial charge in [0, 0.05) is 9.99 Å². The van der Waals surface area contributed by atoms with Crippen molar-refractivity contribution in [3.05, 3.63) is 32.9 Å². The Balaban J connectivity index is 2.94. The fraction of sp³-hybridized carbons (Fsp3) is 0.300. The highest BCUT2D eigenvalue weighted by Crippen LogP contribution is 2.31. The van der Waals surface area contributed by atoms with Crippen molar-refractivity contribution < 1.29 is 23.1 Å². The predicted molar refractivity (Wildman–Crippen MR) is 60.1 cm³/mol. The molecule has 16 heavy (non-hydrogen) atoms. The molecule has 1 N–H and O–H groups in total. The number of benzene rings is 1. The van der Waals surface area contributed by atoms with Crippen LogP contribution >= 0.6 is 22.6 Å². The Morgan fingerprint density at radius 2 is 1.94 bits per heavy atom. The van der Waals surface area contributed by atoms with Gasteiger partial charge in [-0.05, 0) is 52.8 Å². The molecule has 2 nitrogen and oxygen atoms in total. The van der Waals surface area contributed by atoms with Crippen molar-refractivity contribution >= 4 is 28.6 Å². The zero-order chi connectivity index (χ0) is 12.3. The largest absolute Gasteiger partial charge is 0.481 e. The van der Waals surface area contributed by atoms with E-state index in [1.165, 1.54) is 0 Å². The van der Waals surface area contributed by atoms with Gasteiger partial charge in [0.05, 0.1) is 5.56 Å². The summed E-state index contributed by atoms with van der Waals surface area (Å²) in [6.45, 7) is 0. The van der Waals surface area contributed by atoms with Crippen LogP contribution in [0.25, 0.3) is 0 Å². The van der Waals surface area contributed by atoms with E-state index in [2.05, 4.69) is 0 Å². The van der Waals surface area contributed by atoms with Gasteiger partial charge in [0.15, 0.2) is 0 Å². The van der Waals surface area contributed by atoms with Gasteiger partial charge in [-0.2, -0.15) is 13.2 Å². The first-order chi connectivity index (χ1) is 7.29. The zero-order valence-corrected chi connectivity index (χ0v) is 10.2. The van der Waals surface area contributed by atoms with E-state index in [1.54, 1.807) is 28.7 Å². The van der Waals surface area contributed by atoms with Gasteiger partial charge in [-0.25, -0.2) is 0 Å². The molecule has 0 aliphatic heterocycles. The summed E-state index contributed by atoms with van der Waals surface area (Å²) in [6.07, 6.45) is -4.45. The van der Waals surface area contributed by atoms with Gasteiger partial charge >= 0.3 is 12.1 Å². The average molecular weight is 344 g/mol. The summed E-state index contributed by atoms with van der Waals surface area (Å²) < 4.78 is 37.7. The second kappa shape index (κ2) is 5.03. The first-order valence-corrected chi connectivity index (χ1v) is 5.45. The molecule has 0 aliphatic rings. The maximum atomic E-state index is 12.4. The minimum atomic E-state index is -4.39. The molecular weight excluding hydrogens is 336 g/mol. The van der Waals surface area contributed by atoms with E-state index in [4.69, 9.17) is 5.11 Å². The van der Waals surface area contributed by atoms with Crippen molar-refractivity contribution in [1.82, 2.24) is 0 Å². The minimum Gasteiger partial charge on any atom is -0.481 e. The average Bonchev–Trinajstić information content (AvgIpc) is 2.12. The first kappa shape index (κ1) is 13.3. The summed E-state index contributed by atoms with van der Waals surface area (Å²) in [4.78, 5) is 10.3. The maximum absolute atomic E-state index is 12.4. The summed E-state index contributed by atoms with van der Waals surface area (Å²) in [5.74, 6) is -1.02. The Bertz CT molecular complexity index is 402. The third kappa shape index (κ3) is 3.99. The van der Waals surface area contributed by atoms with E-state index >= 15 is 0 Å². The molecule has 0 aromatic heterocycles. The van der Waals surface area contributed by atoms with Crippen LogP contribution in [0, 0.1) is 3.57 Å². The lowest BCUT2D eigenvalue weighted by atomic mass is 10.1. The molecule has 88 valence electrons. The molecular formula is C10H8F3IO2. The van der Waals surface area contributed by atoms with Crippen LogP contribution in [0.3, 0.4) is 0 Å². The van der Waals surface area contributed by atoms with Gasteiger partial charge < -0.3 is 5.11 Å². The van der Waals surface area contributed by atoms with Crippen LogP contribution in [0.2, 0.25) is 0 Å². The molecule has 0 aliphatic carbocycles. The molecule has 0 amide bonds. The molecule has 6 heteroatoms. The lowest BCUT2D eigenvalue weighted by molar-refractivity contribution is -0.137. The van der Waals surface area contributed by atoms with E-state index in [-0.39, 0.29) is 12.8 Å². The highest BCUT2D eigenvalue weighted by Gasteiger charge is 2.30. The van der Waals surface area contributed by atoms with Crippen LogP contribution in [0.15, 0.2) is 18.2 Å². The minimum absolute atomic E-state index is 0.106. The maximum Gasteiger partial charge on any atom is 0.416 e. The molecule has 1 rings (SSSR count). The van der Waals surface area contributed by atoms with Crippen molar-refractivity contribution in [1.29, 1.82) is 0 Å². The molecule has 0 unspecified atom stereocenters. The van der Waals surface area contributed by atoms with Crippen molar-refractivity contribution in [3.63, 3.8) is 0 Å². The number of alkyl halides is 3. The fourth-order valence-electron chi connectivity index (χ4n) is 1.21. The zero-order valence-electron chi connectivity index (χ0n) is 8.01. The molecule has 0 spiro atoms. The van der Waals surface area contributed by atoms with Gasteiger partial charge in [0.1, 0.15) is 0 Å². The number of rotatable bonds is 3. The Kier molecular flexibility index (Phi) is 4.17. The number of aryl methyl sites for hydroxylation is 1. The summed E-state index contributed by atoms with van der Waals surface area (Å²) in [5.41, 5.74) is -0.346. The van der Waals surface area contributed by atoms with E-state index in [1.807, 2.05) is 0 Å². The molecule has 0 radical (unpaired) electrons. The second-order valence-electron chi connectivity index (χ2n) is 3.24. The quantitative estimate of drug-likeness (QED) is 0.855. The smallest absolute Gasteiger partial charge is 0.416 e. The summed E-state index contributed by atoms with van der Waals surface area (Å²) in [6, 6.07) is 3.58. The normalized spacial score (nSPS) is 11.5. The molecule has 0 saturated heterocycles. The topological polar surface area (TPSA) is 37.3 Å². The number of carboxylic acids is 1. The molecule has 0 atom stereocenters. The van der Waals surface area contributed by atoms with Gasteiger partial charge in [0.2, 0.25) is 0 Å². The molecule has 0 heterocycles. The third-order valence-electron chi connectivity index (χ3n) is 1.91. The Hall–Kier alpha value is -0.790. The van der Waals surface area contributed by atoms with E-state index in [0.29, 0.717) is 9.13 Å². The van der Waals surface area contributed by atoms with Crippen LogP contribution in [-0.4, -0.2) is 11.1 Å². The number of carbonyl (C=O) groups is 1. The van der Waals surface area contributed by atoms with E-state index in [0.717, 1.165) is 12.1 Å². The standard InChI is InChI=1S/C10H8F3IO2/c11-10(12,13)7-3-6(1-2-9(15)16)4-8(14)5-7/h3-5H,1-2H2,(H,15,16). The Morgan fingerprint density at radius 3 is 2.44 bits per heavy atom. The molecule has 0 fully saturated rings. The second-order valence-corrected chi connectivity index (χ2v) is 4.49. The lowest BCUT2D eigenvalue weighted by Gasteiger charge is -2.09. The number of aliphatic carboxylic acids is 1. The fourth-order valence-corrected chi connectivity index (χ4v) is 1.95. The predicted octanol–water partition coefficient (Wildman–Crippen LogP) is 3.33. The highest BCUT2D eigenvalue weighted by molar-refractivity contribution is 14.1. The number of hydrogen-bond acceptors (Lipinski definition) is 1. The van der Waals surface area contributed by atoms with Crippen LogP contribution in [0.4, 0.5) is 13.2 Å². The van der Waals surface area contributed by atoms with Crippen LogP contribution < -0.4 is 0 Å². The van der Waals surface area contributed by atoms with E-state index in [9.17, 15) is 18.0 Å². The molecule has 0 bridgehead atoms. The molecule has 1 aromatic rings. The summed E-state index contributed by atoms with van der Waals surface area (Å²) >= 11 is 1.78. The van der Waals surface area contributed by atoms with Crippen molar-refractivity contribution in [2.75, 3.05) is 0 Å². The van der Waals surface area contributed by atoms with E-state index < -0.39 is 17.7 Å². The SMILES string of the molecule is O=C(O)CCc1cc(I)cc(C(F)(F)F)c1. The van der Waals surface area contributed by atoms with Gasteiger partial charge in [0.25, 0.3) is 0 Å². The Morgan fingerprint density at radius 1 is 1.31 bits per heavy atom. The van der Waals surface area contributed by atoms with Crippen molar-refractivity contribution in [3.8, 4) is 0 Å². The summed E-state index contributed by atoms with van der Waals surface area (Å²) in [7, 11) is 0. The molecule has 0 saturated carbocycles. The van der Waals surface area contributed by atoms with Crippen molar-refractivity contribution in [2.24, 2.45) is 0 Å². The summed E-state index contributed by atoms with van der Waals surface area (Å²) in [5, 5.41) is 8.45. The number of carboxylic acid groups (broad SMARTS) is 1. The van der Waals surface area contributed by atoms with Crippen molar-refractivity contribution in [2.45, 2.75) is 19.0 Å². The van der Waals surface area contributed by atoms with Gasteiger partial charge in [-0.1, -0.05) is 0 Å². The van der Waals surface area contributed by atoms with Gasteiger partial charge in [-0.15, -0.1) is 0 Å².